The van der Waals surface area contributed by atoms with Gasteiger partial charge in [0.15, 0.2) is 0 Å². The van der Waals surface area contributed by atoms with Crippen LogP contribution in [-0.4, -0.2) is 12.9 Å². The summed E-state index contributed by atoms with van der Waals surface area (Å²) in [5.41, 5.74) is 0.916. The highest BCUT2D eigenvalue weighted by Gasteiger charge is 2.42. The molecule has 1 fully saturated rings. The van der Waals surface area contributed by atoms with Crippen molar-refractivity contribution in [3.63, 3.8) is 0 Å². The molecular weight excluding hydrogens is 220 g/mol. The van der Waals surface area contributed by atoms with Crippen molar-refractivity contribution in [1.82, 2.24) is 0 Å². The zero-order valence-electron chi connectivity index (χ0n) is 9.01. The van der Waals surface area contributed by atoms with Gasteiger partial charge in [-0.15, -0.1) is 0 Å². The second-order valence-electron chi connectivity index (χ2n) is 4.38. The van der Waals surface area contributed by atoms with Gasteiger partial charge >= 0.3 is 5.63 Å². The van der Waals surface area contributed by atoms with E-state index in [0.717, 1.165) is 11.8 Å². The van der Waals surface area contributed by atoms with Crippen LogP contribution >= 0.6 is 0 Å². The molecular formula is C13H10O4. The number of hydrogen-bond acceptors (Lipinski definition) is 4. The highest BCUT2D eigenvalue weighted by molar-refractivity contribution is 5.85. The normalized spacial score (nSPS) is 25.6. The molecule has 0 spiro atoms. The average Bonchev–Trinajstić information content (AvgIpc) is 2.88. The fourth-order valence-electron chi connectivity index (χ4n) is 2.66. The van der Waals surface area contributed by atoms with Gasteiger partial charge in [-0.2, -0.15) is 0 Å². The molecule has 0 radical (unpaired) electrons. The van der Waals surface area contributed by atoms with Crippen LogP contribution in [0.5, 0.6) is 5.75 Å². The summed E-state index contributed by atoms with van der Waals surface area (Å²) in [6, 6.07) is 7.42. The molecule has 1 aromatic carbocycles. The maximum absolute atomic E-state index is 12.0. The van der Waals surface area contributed by atoms with Crippen molar-refractivity contribution in [2.24, 2.45) is 0 Å². The van der Waals surface area contributed by atoms with E-state index in [2.05, 4.69) is 0 Å². The summed E-state index contributed by atoms with van der Waals surface area (Å²) < 4.78 is 16.5. The molecule has 1 saturated heterocycles. The summed E-state index contributed by atoms with van der Waals surface area (Å²) in [7, 11) is 0. The first-order valence-electron chi connectivity index (χ1n) is 5.68. The SMILES string of the molecule is O=c1oc2ccccc2c2c1[C@H]1CCO[C@H]1O2. The molecule has 0 unspecified atom stereocenters. The Morgan fingerprint density at radius 3 is 3.06 bits per heavy atom. The van der Waals surface area contributed by atoms with E-state index >= 15 is 0 Å². The number of hydrogen-bond donors (Lipinski definition) is 0. The van der Waals surface area contributed by atoms with Gasteiger partial charge < -0.3 is 13.9 Å². The van der Waals surface area contributed by atoms with Crippen LogP contribution in [0.15, 0.2) is 33.5 Å². The van der Waals surface area contributed by atoms with Gasteiger partial charge in [-0.25, -0.2) is 4.79 Å². The molecule has 3 heterocycles. The third kappa shape index (κ3) is 1.13. The molecule has 0 saturated carbocycles. The Hall–Kier alpha value is -1.81. The molecule has 2 aromatic rings. The zero-order chi connectivity index (χ0) is 11.4. The summed E-state index contributed by atoms with van der Waals surface area (Å²) in [5.74, 6) is 0.678. The molecule has 4 nitrogen and oxygen atoms in total. The van der Waals surface area contributed by atoms with E-state index in [9.17, 15) is 4.79 Å². The quantitative estimate of drug-likeness (QED) is 0.649. The molecule has 2 atom stereocenters. The molecule has 17 heavy (non-hydrogen) atoms. The average molecular weight is 230 g/mol. The predicted molar refractivity (Wildman–Crippen MR) is 60.2 cm³/mol. The lowest BCUT2D eigenvalue weighted by Gasteiger charge is -2.07. The molecule has 2 aliphatic heterocycles. The fraction of sp³-hybridized carbons (Fsp3) is 0.308. The van der Waals surface area contributed by atoms with E-state index in [0.29, 0.717) is 23.5 Å². The molecule has 0 aliphatic carbocycles. The van der Waals surface area contributed by atoms with Crippen molar-refractivity contribution in [3.05, 3.63) is 40.2 Å². The van der Waals surface area contributed by atoms with E-state index in [1.165, 1.54) is 0 Å². The summed E-state index contributed by atoms with van der Waals surface area (Å²) in [4.78, 5) is 12.0. The highest BCUT2D eigenvalue weighted by Crippen LogP contribution is 2.45. The second-order valence-corrected chi connectivity index (χ2v) is 4.38. The van der Waals surface area contributed by atoms with Crippen molar-refractivity contribution in [3.8, 4) is 5.75 Å². The van der Waals surface area contributed by atoms with Crippen LogP contribution in [0.4, 0.5) is 0 Å². The molecule has 0 N–H and O–H groups in total. The van der Waals surface area contributed by atoms with Gasteiger partial charge in [0.2, 0.25) is 6.29 Å². The van der Waals surface area contributed by atoms with Crippen LogP contribution in [0.2, 0.25) is 0 Å². The van der Waals surface area contributed by atoms with Gasteiger partial charge in [0.05, 0.1) is 23.5 Å². The lowest BCUT2D eigenvalue weighted by Crippen LogP contribution is -2.15. The minimum Gasteiger partial charge on any atom is -0.463 e. The van der Waals surface area contributed by atoms with Gasteiger partial charge in [-0.1, -0.05) is 12.1 Å². The Bertz CT molecular complexity index is 658. The lowest BCUT2D eigenvalue weighted by atomic mass is 9.99. The number of benzene rings is 1. The van der Waals surface area contributed by atoms with Gasteiger partial charge in [-0.3, -0.25) is 0 Å². The molecule has 1 aromatic heterocycles. The minimum absolute atomic E-state index is 0.0332. The van der Waals surface area contributed by atoms with Crippen molar-refractivity contribution < 1.29 is 13.9 Å². The van der Waals surface area contributed by atoms with Crippen molar-refractivity contribution >= 4 is 11.0 Å². The zero-order valence-corrected chi connectivity index (χ0v) is 9.01. The first-order chi connectivity index (χ1) is 8.34. The van der Waals surface area contributed by atoms with Crippen LogP contribution in [0.3, 0.4) is 0 Å². The third-order valence-corrected chi connectivity index (χ3v) is 3.44. The number of para-hydroxylation sites is 1. The van der Waals surface area contributed by atoms with Crippen LogP contribution in [0, 0.1) is 0 Å². The number of rotatable bonds is 0. The Morgan fingerprint density at radius 1 is 1.24 bits per heavy atom. The molecule has 0 amide bonds. The molecule has 86 valence electrons. The van der Waals surface area contributed by atoms with Crippen LogP contribution < -0.4 is 10.4 Å². The minimum atomic E-state index is -0.307. The summed E-state index contributed by atoms with van der Waals surface area (Å²) in [6.45, 7) is 0.640. The maximum Gasteiger partial charge on any atom is 0.343 e. The van der Waals surface area contributed by atoms with Crippen molar-refractivity contribution in [2.45, 2.75) is 18.6 Å². The Morgan fingerprint density at radius 2 is 2.12 bits per heavy atom. The fourth-order valence-corrected chi connectivity index (χ4v) is 2.66. The number of ether oxygens (including phenoxy) is 2. The smallest absolute Gasteiger partial charge is 0.343 e. The van der Waals surface area contributed by atoms with Crippen molar-refractivity contribution in [2.75, 3.05) is 6.61 Å². The van der Waals surface area contributed by atoms with Gasteiger partial charge in [0.25, 0.3) is 0 Å². The maximum atomic E-state index is 12.0. The first-order valence-corrected chi connectivity index (χ1v) is 5.68. The third-order valence-electron chi connectivity index (χ3n) is 3.44. The summed E-state index contributed by atoms with van der Waals surface area (Å²) in [5, 5.41) is 0.847. The Balaban J connectivity index is 2.08. The second kappa shape index (κ2) is 3.11. The summed E-state index contributed by atoms with van der Waals surface area (Å²) >= 11 is 0. The van der Waals surface area contributed by atoms with E-state index in [4.69, 9.17) is 13.9 Å². The van der Waals surface area contributed by atoms with Gasteiger partial charge in [-0.05, 0) is 18.6 Å². The van der Waals surface area contributed by atoms with Crippen LogP contribution in [0.25, 0.3) is 11.0 Å². The van der Waals surface area contributed by atoms with Crippen LogP contribution in [-0.2, 0) is 4.74 Å². The van der Waals surface area contributed by atoms with Gasteiger partial charge in [0.1, 0.15) is 11.3 Å². The monoisotopic (exact) mass is 230 g/mol. The number of fused-ring (bicyclic) bond motifs is 5. The molecule has 4 heteroatoms. The molecule has 2 aliphatic rings. The Kier molecular flexibility index (Phi) is 1.69. The lowest BCUT2D eigenvalue weighted by molar-refractivity contribution is -0.0330. The molecule has 4 rings (SSSR count). The highest BCUT2D eigenvalue weighted by atomic mass is 16.7. The van der Waals surface area contributed by atoms with E-state index in [-0.39, 0.29) is 17.8 Å². The van der Waals surface area contributed by atoms with Gasteiger partial charge in [0, 0.05) is 0 Å². The first kappa shape index (κ1) is 9.24. The predicted octanol–water partition coefficient (Wildman–Crippen LogP) is 2.02. The van der Waals surface area contributed by atoms with Crippen molar-refractivity contribution in [1.29, 1.82) is 0 Å². The Labute approximate surface area is 96.8 Å². The van der Waals surface area contributed by atoms with E-state index in [1.54, 1.807) is 6.07 Å². The topological polar surface area (TPSA) is 48.7 Å². The van der Waals surface area contributed by atoms with Crippen LogP contribution in [0.1, 0.15) is 17.9 Å². The standard InChI is InChI=1S/C13H10O4/c14-12-10-8-5-6-15-13(8)17-11(10)7-3-1-2-4-9(7)16-12/h1-4,8,13H,5-6H2/t8-,13+/m1/s1. The largest absolute Gasteiger partial charge is 0.463 e. The summed E-state index contributed by atoms with van der Waals surface area (Å²) in [6.07, 6.45) is 0.513. The van der Waals surface area contributed by atoms with E-state index < -0.39 is 0 Å². The molecule has 0 bridgehead atoms. The van der Waals surface area contributed by atoms with E-state index in [1.807, 2.05) is 18.2 Å².